The standard InChI is InChI=1S/C21H29NO2S/c1-16-15-18(22(5)12-13-24-20(23)21(2,3)4)10-8-17(16)9-11-19-7-6-14-25-19/h6-7,9,11,14-15H,8,10,12-13H2,1-5H3/b11-9+. The first-order chi connectivity index (χ1) is 11.8. The van der Waals surface area contributed by atoms with Crippen molar-refractivity contribution in [2.24, 2.45) is 5.41 Å². The Morgan fingerprint density at radius 3 is 2.68 bits per heavy atom. The quantitative estimate of drug-likeness (QED) is 0.648. The van der Waals surface area contributed by atoms with Crippen molar-refractivity contribution >= 4 is 23.4 Å². The van der Waals surface area contributed by atoms with Gasteiger partial charge in [-0.15, -0.1) is 11.3 Å². The molecular weight excluding hydrogens is 330 g/mol. The molecule has 0 saturated carbocycles. The molecule has 25 heavy (non-hydrogen) atoms. The number of carbonyl (C=O) groups excluding carboxylic acids is 1. The highest BCUT2D eigenvalue weighted by Gasteiger charge is 2.23. The Balaban J connectivity index is 1.90. The average molecular weight is 360 g/mol. The van der Waals surface area contributed by atoms with Gasteiger partial charge in [-0.2, -0.15) is 0 Å². The summed E-state index contributed by atoms with van der Waals surface area (Å²) in [6, 6.07) is 4.21. The van der Waals surface area contributed by atoms with Gasteiger partial charge < -0.3 is 9.64 Å². The van der Waals surface area contributed by atoms with Crippen molar-refractivity contribution in [2.75, 3.05) is 20.2 Å². The van der Waals surface area contributed by atoms with Crippen molar-refractivity contribution < 1.29 is 9.53 Å². The van der Waals surface area contributed by atoms with Crippen LogP contribution in [0.15, 0.2) is 46.5 Å². The summed E-state index contributed by atoms with van der Waals surface area (Å²) in [7, 11) is 2.07. The van der Waals surface area contributed by atoms with Crippen molar-refractivity contribution in [2.45, 2.75) is 40.5 Å². The van der Waals surface area contributed by atoms with Crippen molar-refractivity contribution in [3.8, 4) is 0 Å². The van der Waals surface area contributed by atoms with E-state index in [9.17, 15) is 4.79 Å². The first-order valence-corrected chi connectivity index (χ1v) is 9.65. The monoisotopic (exact) mass is 359 g/mol. The number of rotatable bonds is 6. The highest BCUT2D eigenvalue weighted by Crippen LogP contribution is 2.27. The molecule has 0 fully saturated rings. The van der Waals surface area contributed by atoms with Gasteiger partial charge in [-0.3, -0.25) is 4.79 Å². The number of thiophene rings is 1. The molecule has 1 aliphatic rings. The Kier molecular flexibility index (Phi) is 6.65. The summed E-state index contributed by atoms with van der Waals surface area (Å²) < 4.78 is 5.37. The third-order valence-electron chi connectivity index (χ3n) is 4.29. The Labute approximate surface area is 155 Å². The smallest absolute Gasteiger partial charge is 0.311 e. The highest BCUT2D eigenvalue weighted by atomic mass is 32.1. The average Bonchev–Trinajstić information content (AvgIpc) is 3.06. The lowest BCUT2D eigenvalue weighted by Gasteiger charge is -2.27. The van der Waals surface area contributed by atoms with Gasteiger partial charge in [0.25, 0.3) is 0 Å². The van der Waals surface area contributed by atoms with Crippen LogP contribution in [0.1, 0.15) is 45.4 Å². The van der Waals surface area contributed by atoms with E-state index in [2.05, 4.69) is 54.6 Å². The molecule has 0 bridgehead atoms. The second kappa shape index (κ2) is 8.52. The van der Waals surface area contributed by atoms with Gasteiger partial charge >= 0.3 is 5.97 Å². The van der Waals surface area contributed by atoms with Crippen LogP contribution >= 0.6 is 11.3 Å². The summed E-state index contributed by atoms with van der Waals surface area (Å²) in [6.07, 6.45) is 8.75. The fourth-order valence-electron chi connectivity index (χ4n) is 2.59. The van der Waals surface area contributed by atoms with Gasteiger partial charge in [-0.1, -0.05) is 12.1 Å². The number of esters is 1. The summed E-state index contributed by atoms with van der Waals surface area (Å²) in [5.74, 6) is -0.143. The van der Waals surface area contributed by atoms with Gasteiger partial charge in [0.05, 0.1) is 12.0 Å². The lowest BCUT2D eigenvalue weighted by Crippen LogP contribution is -2.28. The number of hydrogen-bond acceptors (Lipinski definition) is 4. The van der Waals surface area contributed by atoms with Crippen LogP contribution in [0.5, 0.6) is 0 Å². The van der Waals surface area contributed by atoms with Crippen LogP contribution < -0.4 is 0 Å². The fraction of sp³-hybridized carbons (Fsp3) is 0.476. The van der Waals surface area contributed by atoms with E-state index in [1.165, 1.54) is 21.7 Å². The molecule has 2 rings (SSSR count). The number of carbonyl (C=O) groups is 1. The van der Waals surface area contributed by atoms with Gasteiger partial charge in [0.2, 0.25) is 0 Å². The molecular formula is C21H29NO2S. The van der Waals surface area contributed by atoms with Gasteiger partial charge in [0, 0.05) is 17.6 Å². The topological polar surface area (TPSA) is 29.5 Å². The Morgan fingerprint density at radius 2 is 2.08 bits per heavy atom. The summed E-state index contributed by atoms with van der Waals surface area (Å²) in [5, 5.41) is 2.10. The van der Waals surface area contributed by atoms with Crippen molar-refractivity contribution in [1.29, 1.82) is 0 Å². The molecule has 1 heterocycles. The number of nitrogens with zero attached hydrogens (tertiary/aromatic N) is 1. The fourth-order valence-corrected chi connectivity index (χ4v) is 3.21. The lowest BCUT2D eigenvalue weighted by atomic mass is 9.95. The molecule has 0 radical (unpaired) electrons. The zero-order chi connectivity index (χ0) is 18.4. The van der Waals surface area contributed by atoms with Crippen LogP contribution in [0, 0.1) is 5.41 Å². The minimum absolute atomic E-state index is 0.143. The lowest BCUT2D eigenvalue weighted by molar-refractivity contribution is -0.153. The Morgan fingerprint density at radius 1 is 1.32 bits per heavy atom. The van der Waals surface area contributed by atoms with E-state index in [4.69, 9.17) is 4.74 Å². The van der Waals surface area contributed by atoms with E-state index in [1.807, 2.05) is 20.8 Å². The van der Waals surface area contributed by atoms with Crippen molar-refractivity contribution in [3.63, 3.8) is 0 Å². The largest absolute Gasteiger partial charge is 0.463 e. The van der Waals surface area contributed by atoms with Gasteiger partial charge in [-0.25, -0.2) is 0 Å². The van der Waals surface area contributed by atoms with Crippen LogP contribution in [-0.4, -0.2) is 31.1 Å². The summed E-state index contributed by atoms with van der Waals surface area (Å²) >= 11 is 1.76. The Bertz CT molecular complexity index is 675. The van der Waals surface area contributed by atoms with E-state index in [0.29, 0.717) is 6.61 Å². The summed E-state index contributed by atoms with van der Waals surface area (Å²) in [4.78, 5) is 15.3. The molecule has 1 aliphatic carbocycles. The van der Waals surface area contributed by atoms with E-state index in [0.717, 1.165) is 19.4 Å². The molecule has 0 unspecified atom stereocenters. The van der Waals surface area contributed by atoms with Gasteiger partial charge in [0.15, 0.2) is 0 Å². The van der Waals surface area contributed by atoms with Crippen LogP contribution in [0.2, 0.25) is 0 Å². The third kappa shape index (κ3) is 5.89. The molecule has 136 valence electrons. The summed E-state index contributed by atoms with van der Waals surface area (Å²) in [5.41, 5.74) is 3.57. The second-order valence-electron chi connectivity index (χ2n) is 7.50. The predicted molar refractivity (Wildman–Crippen MR) is 106 cm³/mol. The van der Waals surface area contributed by atoms with Gasteiger partial charge in [0.1, 0.15) is 6.61 Å². The predicted octanol–water partition coefficient (Wildman–Crippen LogP) is 5.28. The van der Waals surface area contributed by atoms with E-state index in [1.54, 1.807) is 11.3 Å². The molecule has 1 aromatic heterocycles. The highest BCUT2D eigenvalue weighted by molar-refractivity contribution is 7.10. The normalized spacial score (nSPS) is 15.5. The molecule has 0 spiro atoms. The maximum atomic E-state index is 11.8. The number of hydrogen-bond donors (Lipinski definition) is 0. The van der Waals surface area contributed by atoms with E-state index in [-0.39, 0.29) is 5.97 Å². The SMILES string of the molecule is CC1=C(/C=C/c2cccs2)CCC(N(C)CCOC(=O)C(C)(C)C)=C1. The van der Waals surface area contributed by atoms with Crippen LogP contribution in [-0.2, 0) is 9.53 Å². The summed E-state index contributed by atoms with van der Waals surface area (Å²) in [6.45, 7) is 8.95. The number of allylic oxidation sites excluding steroid dienone is 5. The van der Waals surface area contributed by atoms with Crippen molar-refractivity contribution in [3.05, 3.63) is 51.4 Å². The molecule has 3 nitrogen and oxygen atoms in total. The number of likely N-dealkylation sites (N-methyl/N-ethyl adjacent to an activating group) is 1. The minimum atomic E-state index is -0.439. The molecule has 0 aliphatic heterocycles. The Hall–Kier alpha value is -1.81. The number of ether oxygens (including phenoxy) is 1. The molecule has 0 saturated heterocycles. The molecule has 0 amide bonds. The third-order valence-corrected chi connectivity index (χ3v) is 5.13. The molecule has 0 atom stereocenters. The first-order valence-electron chi connectivity index (χ1n) is 8.77. The molecule has 0 aromatic carbocycles. The van der Waals surface area contributed by atoms with Crippen LogP contribution in [0.3, 0.4) is 0 Å². The molecule has 4 heteroatoms. The van der Waals surface area contributed by atoms with Gasteiger partial charge in [-0.05, 0) is 75.3 Å². The van der Waals surface area contributed by atoms with Crippen molar-refractivity contribution in [1.82, 2.24) is 4.90 Å². The zero-order valence-electron chi connectivity index (χ0n) is 16.0. The second-order valence-corrected chi connectivity index (χ2v) is 8.48. The van der Waals surface area contributed by atoms with Crippen LogP contribution in [0.25, 0.3) is 6.08 Å². The maximum absolute atomic E-state index is 11.8. The van der Waals surface area contributed by atoms with E-state index < -0.39 is 5.41 Å². The molecule has 0 N–H and O–H groups in total. The molecule has 1 aromatic rings. The minimum Gasteiger partial charge on any atom is -0.463 e. The first kappa shape index (κ1) is 19.5. The zero-order valence-corrected chi connectivity index (χ0v) is 16.8. The van der Waals surface area contributed by atoms with E-state index >= 15 is 0 Å². The maximum Gasteiger partial charge on any atom is 0.311 e. The van der Waals surface area contributed by atoms with Crippen LogP contribution in [0.4, 0.5) is 0 Å².